The highest BCUT2D eigenvalue weighted by Crippen LogP contribution is 2.33. The molecule has 1 saturated heterocycles. The van der Waals surface area contributed by atoms with E-state index >= 15 is 0 Å². The van der Waals surface area contributed by atoms with Crippen molar-refractivity contribution >= 4 is 27.6 Å². The van der Waals surface area contributed by atoms with Gasteiger partial charge in [-0.1, -0.05) is 0 Å². The molecule has 0 saturated carbocycles. The summed E-state index contributed by atoms with van der Waals surface area (Å²) in [7, 11) is 1.58. The number of hydrogen-bond donors (Lipinski definition) is 0. The molecule has 0 atom stereocenters. The lowest BCUT2D eigenvalue weighted by Gasteiger charge is -2.32. The number of Topliss-reactive ketones (excluding diaryl/α,β-unsaturated/α-hetero) is 1. The van der Waals surface area contributed by atoms with Crippen LogP contribution in [0.2, 0.25) is 0 Å². The Morgan fingerprint density at radius 1 is 1.03 bits per heavy atom. The van der Waals surface area contributed by atoms with Gasteiger partial charge in [-0.25, -0.2) is 0 Å². The van der Waals surface area contributed by atoms with Gasteiger partial charge in [0, 0.05) is 29.0 Å². The van der Waals surface area contributed by atoms with Gasteiger partial charge in [-0.3, -0.25) is 9.59 Å². The molecule has 1 fully saturated rings. The van der Waals surface area contributed by atoms with E-state index in [4.69, 9.17) is 14.2 Å². The average molecular weight is 460 g/mol. The molecule has 0 aromatic heterocycles. The number of fused-ring (bicyclic) bond motifs is 1. The fourth-order valence-electron chi connectivity index (χ4n) is 3.74. The maximum Gasteiger partial charge on any atom is 0.255 e. The first-order chi connectivity index (χ1) is 14.1. The lowest BCUT2D eigenvalue weighted by molar-refractivity contribution is 0.0649. The van der Waals surface area contributed by atoms with Crippen molar-refractivity contribution in [2.24, 2.45) is 5.92 Å². The Morgan fingerprint density at radius 2 is 1.76 bits per heavy atom. The number of rotatable bonds is 4. The fourth-order valence-corrected chi connectivity index (χ4v) is 4.16. The highest BCUT2D eigenvalue weighted by atomic mass is 79.9. The second kappa shape index (κ2) is 8.45. The van der Waals surface area contributed by atoms with Crippen LogP contribution in [-0.2, 0) is 0 Å². The summed E-state index contributed by atoms with van der Waals surface area (Å²) in [5.74, 6) is 1.88. The lowest BCUT2D eigenvalue weighted by atomic mass is 9.88. The van der Waals surface area contributed by atoms with E-state index in [2.05, 4.69) is 15.9 Å². The van der Waals surface area contributed by atoms with Gasteiger partial charge in [-0.2, -0.15) is 0 Å². The van der Waals surface area contributed by atoms with Crippen LogP contribution in [0.15, 0.2) is 40.9 Å². The Bertz CT molecular complexity index is 937. The van der Waals surface area contributed by atoms with Gasteiger partial charge in [0.1, 0.15) is 19.0 Å². The first-order valence-electron chi connectivity index (χ1n) is 9.63. The lowest BCUT2D eigenvalue weighted by Crippen LogP contribution is -2.40. The van der Waals surface area contributed by atoms with Crippen LogP contribution in [0, 0.1) is 5.92 Å². The van der Waals surface area contributed by atoms with Gasteiger partial charge in [0.25, 0.3) is 5.91 Å². The van der Waals surface area contributed by atoms with Crippen molar-refractivity contribution in [3.63, 3.8) is 0 Å². The van der Waals surface area contributed by atoms with Crippen LogP contribution < -0.4 is 14.2 Å². The fraction of sp³-hybridized carbons (Fsp3) is 0.364. The Hall–Kier alpha value is -2.54. The number of piperidine rings is 1. The van der Waals surface area contributed by atoms with E-state index < -0.39 is 0 Å². The Kier molecular flexibility index (Phi) is 5.76. The molecule has 4 rings (SSSR count). The van der Waals surface area contributed by atoms with Gasteiger partial charge in [0.2, 0.25) is 0 Å². The largest absolute Gasteiger partial charge is 0.497 e. The van der Waals surface area contributed by atoms with Crippen LogP contribution in [-0.4, -0.2) is 50.0 Å². The third-order valence-corrected chi connectivity index (χ3v) is 6.08. The molecule has 0 radical (unpaired) electrons. The van der Waals surface area contributed by atoms with Gasteiger partial charge < -0.3 is 19.1 Å². The predicted octanol–water partition coefficient (Wildman–Crippen LogP) is 3.96. The van der Waals surface area contributed by atoms with E-state index in [1.54, 1.807) is 42.3 Å². The molecule has 2 aliphatic rings. The molecule has 29 heavy (non-hydrogen) atoms. The minimum atomic E-state index is -0.102. The second-order valence-electron chi connectivity index (χ2n) is 7.13. The number of benzene rings is 2. The molecule has 152 valence electrons. The number of halogens is 1. The van der Waals surface area contributed by atoms with Crippen LogP contribution in [0.5, 0.6) is 17.2 Å². The summed E-state index contributed by atoms with van der Waals surface area (Å²) >= 11 is 3.44. The van der Waals surface area contributed by atoms with Crippen LogP contribution >= 0.6 is 15.9 Å². The SMILES string of the molecule is COc1ccc(Br)c(C(=O)N2CCC(C(=O)c3ccc4c(c3)OCCO4)CC2)c1. The van der Waals surface area contributed by atoms with E-state index in [-0.39, 0.29) is 17.6 Å². The zero-order valence-electron chi connectivity index (χ0n) is 16.2. The molecule has 2 heterocycles. The van der Waals surface area contributed by atoms with E-state index in [1.807, 2.05) is 6.07 Å². The number of carbonyl (C=O) groups excluding carboxylic acids is 2. The molecule has 2 aromatic rings. The second-order valence-corrected chi connectivity index (χ2v) is 7.99. The summed E-state index contributed by atoms with van der Waals surface area (Å²) < 4.78 is 17.1. The van der Waals surface area contributed by atoms with E-state index in [9.17, 15) is 9.59 Å². The number of amides is 1. The number of methoxy groups -OCH3 is 1. The van der Waals surface area contributed by atoms with Crippen LogP contribution in [0.25, 0.3) is 0 Å². The van der Waals surface area contributed by atoms with Crippen LogP contribution in [0.4, 0.5) is 0 Å². The Labute approximate surface area is 177 Å². The Morgan fingerprint density at radius 3 is 2.48 bits per heavy atom. The standard InChI is InChI=1S/C22H22BrNO5/c1-27-16-3-4-18(23)17(13-16)22(26)24-8-6-14(7-9-24)21(25)15-2-5-19-20(12-15)29-11-10-28-19/h2-5,12-14H,6-11H2,1H3. The molecular weight excluding hydrogens is 438 g/mol. The molecule has 0 spiro atoms. The predicted molar refractivity (Wildman–Crippen MR) is 111 cm³/mol. The topological polar surface area (TPSA) is 65.1 Å². The van der Waals surface area contributed by atoms with Crippen molar-refractivity contribution in [2.45, 2.75) is 12.8 Å². The van der Waals surface area contributed by atoms with E-state index in [0.29, 0.717) is 67.5 Å². The van der Waals surface area contributed by atoms with Crippen LogP contribution in [0.1, 0.15) is 33.6 Å². The highest BCUT2D eigenvalue weighted by Gasteiger charge is 2.30. The molecule has 2 aliphatic heterocycles. The summed E-state index contributed by atoms with van der Waals surface area (Å²) in [6, 6.07) is 10.7. The van der Waals surface area contributed by atoms with E-state index in [0.717, 1.165) is 4.47 Å². The monoisotopic (exact) mass is 459 g/mol. The minimum Gasteiger partial charge on any atom is -0.497 e. The van der Waals surface area contributed by atoms with Gasteiger partial charge in [-0.15, -0.1) is 0 Å². The van der Waals surface area contributed by atoms with Crippen LogP contribution in [0.3, 0.4) is 0 Å². The van der Waals surface area contributed by atoms with Crippen molar-refractivity contribution in [3.05, 3.63) is 52.0 Å². The minimum absolute atomic E-state index is 0.0546. The Balaban J connectivity index is 1.41. The molecule has 6 nitrogen and oxygen atoms in total. The zero-order valence-corrected chi connectivity index (χ0v) is 17.7. The van der Waals surface area contributed by atoms with Crippen molar-refractivity contribution in [1.29, 1.82) is 0 Å². The first-order valence-corrected chi connectivity index (χ1v) is 10.4. The first kappa shape index (κ1) is 19.8. The normalized spacial score (nSPS) is 16.4. The number of likely N-dealkylation sites (tertiary alicyclic amines) is 1. The molecule has 7 heteroatoms. The van der Waals surface area contributed by atoms with Gasteiger partial charge in [0.05, 0.1) is 12.7 Å². The number of hydrogen-bond acceptors (Lipinski definition) is 5. The number of ketones is 1. The smallest absolute Gasteiger partial charge is 0.255 e. The zero-order chi connectivity index (χ0) is 20.4. The molecule has 2 aromatic carbocycles. The van der Waals surface area contributed by atoms with Crippen molar-refractivity contribution in [2.75, 3.05) is 33.4 Å². The third kappa shape index (κ3) is 4.10. The number of carbonyl (C=O) groups is 2. The summed E-state index contributed by atoms with van der Waals surface area (Å²) in [6.07, 6.45) is 1.28. The maximum absolute atomic E-state index is 12.9. The van der Waals surface area contributed by atoms with Crippen molar-refractivity contribution in [1.82, 2.24) is 4.90 Å². The number of ether oxygens (including phenoxy) is 3. The maximum atomic E-state index is 12.9. The summed E-state index contributed by atoms with van der Waals surface area (Å²) in [6.45, 7) is 2.11. The molecule has 0 bridgehead atoms. The average Bonchev–Trinajstić information content (AvgIpc) is 2.78. The van der Waals surface area contributed by atoms with Gasteiger partial charge >= 0.3 is 0 Å². The summed E-state index contributed by atoms with van der Waals surface area (Å²) in [5, 5.41) is 0. The summed E-state index contributed by atoms with van der Waals surface area (Å²) in [5.41, 5.74) is 1.20. The van der Waals surface area contributed by atoms with Gasteiger partial charge in [-0.05, 0) is 65.2 Å². The van der Waals surface area contributed by atoms with Crippen molar-refractivity contribution in [3.8, 4) is 17.2 Å². The summed E-state index contributed by atoms with van der Waals surface area (Å²) in [4.78, 5) is 27.7. The molecule has 0 unspecified atom stereocenters. The molecular formula is C22H22BrNO5. The third-order valence-electron chi connectivity index (χ3n) is 5.38. The highest BCUT2D eigenvalue weighted by molar-refractivity contribution is 9.10. The van der Waals surface area contributed by atoms with Gasteiger partial charge in [0.15, 0.2) is 17.3 Å². The molecule has 1 amide bonds. The number of nitrogens with zero attached hydrogens (tertiary/aromatic N) is 1. The quantitative estimate of drug-likeness (QED) is 0.647. The molecule has 0 N–H and O–H groups in total. The van der Waals surface area contributed by atoms with Crippen molar-refractivity contribution < 1.29 is 23.8 Å². The van der Waals surface area contributed by atoms with E-state index in [1.165, 1.54) is 0 Å². The molecule has 0 aliphatic carbocycles.